The first-order chi connectivity index (χ1) is 8.06. The van der Waals surface area contributed by atoms with E-state index in [4.69, 9.17) is 0 Å². The number of rotatable bonds is 4. The van der Waals surface area contributed by atoms with Gasteiger partial charge >= 0.3 is 5.97 Å². The standard InChI is InChI=1S/C13H14O4/c1-3-17-13(16)12(15)8-11(14)10-7-5-4-6-9(10)2/h4-8,14H,3H2,1-2H3/p-1/b11-8-. The van der Waals surface area contributed by atoms with E-state index in [0.29, 0.717) is 5.56 Å². The number of esters is 1. The first-order valence-electron chi connectivity index (χ1n) is 5.22. The summed E-state index contributed by atoms with van der Waals surface area (Å²) in [5.41, 5.74) is 1.16. The number of ether oxygens (including phenoxy) is 1. The van der Waals surface area contributed by atoms with Crippen molar-refractivity contribution >= 4 is 17.5 Å². The number of carbonyl (C=O) groups is 2. The Kier molecular flexibility index (Phi) is 4.46. The average molecular weight is 233 g/mol. The van der Waals surface area contributed by atoms with Crippen LogP contribution in [0.25, 0.3) is 5.76 Å². The normalized spacial score (nSPS) is 11.1. The molecule has 0 aliphatic rings. The van der Waals surface area contributed by atoms with Crippen molar-refractivity contribution in [3.63, 3.8) is 0 Å². The summed E-state index contributed by atoms with van der Waals surface area (Å²) >= 11 is 0. The van der Waals surface area contributed by atoms with E-state index in [1.165, 1.54) is 0 Å². The molecule has 0 radical (unpaired) electrons. The van der Waals surface area contributed by atoms with Gasteiger partial charge in [0.15, 0.2) is 0 Å². The van der Waals surface area contributed by atoms with Crippen LogP contribution >= 0.6 is 0 Å². The van der Waals surface area contributed by atoms with Crippen LogP contribution in [-0.4, -0.2) is 18.4 Å². The lowest BCUT2D eigenvalue weighted by Crippen LogP contribution is -2.17. The Morgan fingerprint density at radius 1 is 1.35 bits per heavy atom. The van der Waals surface area contributed by atoms with Crippen LogP contribution in [0, 0.1) is 6.92 Å². The first-order valence-corrected chi connectivity index (χ1v) is 5.22. The molecule has 0 unspecified atom stereocenters. The maximum atomic E-state index is 11.7. The number of benzene rings is 1. The van der Waals surface area contributed by atoms with Crippen molar-refractivity contribution in [1.82, 2.24) is 0 Å². The number of hydrogen-bond acceptors (Lipinski definition) is 4. The van der Waals surface area contributed by atoms with E-state index in [0.717, 1.165) is 11.6 Å². The van der Waals surface area contributed by atoms with E-state index in [9.17, 15) is 14.7 Å². The molecule has 17 heavy (non-hydrogen) atoms. The van der Waals surface area contributed by atoms with E-state index in [1.54, 1.807) is 38.1 Å². The molecular weight excluding hydrogens is 220 g/mol. The molecule has 0 amide bonds. The average Bonchev–Trinajstić information content (AvgIpc) is 2.29. The predicted molar refractivity (Wildman–Crippen MR) is 60.8 cm³/mol. The maximum Gasteiger partial charge on any atom is 0.378 e. The fourth-order valence-electron chi connectivity index (χ4n) is 1.31. The molecule has 0 heterocycles. The van der Waals surface area contributed by atoms with Crippen molar-refractivity contribution in [2.75, 3.05) is 6.61 Å². The summed E-state index contributed by atoms with van der Waals surface area (Å²) in [4.78, 5) is 22.3. The Morgan fingerprint density at radius 3 is 2.59 bits per heavy atom. The quantitative estimate of drug-likeness (QED) is 0.334. The van der Waals surface area contributed by atoms with Crippen molar-refractivity contribution in [1.29, 1.82) is 0 Å². The summed E-state index contributed by atoms with van der Waals surface area (Å²) in [6.07, 6.45) is 0.764. The summed E-state index contributed by atoms with van der Waals surface area (Å²) in [6.45, 7) is 3.46. The second-order valence-electron chi connectivity index (χ2n) is 3.41. The first kappa shape index (κ1) is 13.0. The van der Waals surface area contributed by atoms with Crippen molar-refractivity contribution in [2.45, 2.75) is 13.8 Å². The Morgan fingerprint density at radius 2 is 2.00 bits per heavy atom. The SMILES string of the molecule is CCOC(=O)C(=O)/C=C(\[O-])c1ccccc1C. The molecule has 0 bridgehead atoms. The van der Waals surface area contributed by atoms with Crippen LogP contribution < -0.4 is 5.11 Å². The lowest BCUT2D eigenvalue weighted by molar-refractivity contribution is -0.244. The minimum absolute atomic E-state index is 0.108. The second kappa shape index (κ2) is 5.84. The predicted octanol–water partition coefficient (Wildman–Crippen LogP) is 0.828. The van der Waals surface area contributed by atoms with Crippen LogP contribution in [0.15, 0.2) is 30.3 Å². The molecule has 0 atom stereocenters. The molecule has 0 N–H and O–H groups in total. The minimum Gasteiger partial charge on any atom is -0.872 e. The lowest BCUT2D eigenvalue weighted by Gasteiger charge is -2.14. The summed E-state index contributed by atoms with van der Waals surface area (Å²) in [5, 5.41) is 11.7. The molecule has 0 aliphatic carbocycles. The van der Waals surface area contributed by atoms with Gasteiger partial charge in [-0.05, 0) is 31.1 Å². The van der Waals surface area contributed by atoms with Gasteiger partial charge in [-0.25, -0.2) is 4.79 Å². The number of aryl methyl sites for hydroxylation is 1. The van der Waals surface area contributed by atoms with Gasteiger partial charge in [-0.2, -0.15) is 0 Å². The van der Waals surface area contributed by atoms with Gasteiger partial charge in [-0.1, -0.05) is 30.0 Å². The lowest BCUT2D eigenvalue weighted by atomic mass is 10.1. The zero-order chi connectivity index (χ0) is 12.8. The highest BCUT2D eigenvalue weighted by Crippen LogP contribution is 2.13. The summed E-state index contributed by atoms with van der Waals surface area (Å²) in [6, 6.07) is 6.85. The molecule has 1 rings (SSSR count). The Hall–Kier alpha value is -2.10. The van der Waals surface area contributed by atoms with Crippen LogP contribution in [0.5, 0.6) is 0 Å². The molecule has 90 valence electrons. The van der Waals surface area contributed by atoms with Gasteiger partial charge in [-0.3, -0.25) is 4.79 Å². The molecular formula is C13H13O4-. The summed E-state index contributed by atoms with van der Waals surface area (Å²) in [5.74, 6) is -2.42. The highest BCUT2D eigenvalue weighted by Gasteiger charge is 2.11. The van der Waals surface area contributed by atoms with Crippen molar-refractivity contribution in [3.8, 4) is 0 Å². The molecule has 1 aromatic carbocycles. The molecule has 0 saturated heterocycles. The van der Waals surface area contributed by atoms with Crippen molar-refractivity contribution in [2.24, 2.45) is 0 Å². The third-order valence-electron chi connectivity index (χ3n) is 2.15. The molecule has 1 aromatic rings. The summed E-state index contributed by atoms with van der Waals surface area (Å²) in [7, 11) is 0. The van der Waals surface area contributed by atoms with Gasteiger partial charge in [0.05, 0.1) is 6.61 Å². The van der Waals surface area contributed by atoms with Crippen molar-refractivity contribution in [3.05, 3.63) is 41.5 Å². The Labute approximate surface area is 99.5 Å². The Balaban J connectivity index is 2.90. The monoisotopic (exact) mass is 233 g/mol. The Bertz CT molecular complexity index is 460. The van der Waals surface area contributed by atoms with Crippen LogP contribution in [0.3, 0.4) is 0 Å². The van der Waals surface area contributed by atoms with Gasteiger partial charge < -0.3 is 9.84 Å². The number of ketones is 1. The largest absolute Gasteiger partial charge is 0.872 e. The van der Waals surface area contributed by atoms with E-state index in [2.05, 4.69) is 4.74 Å². The topological polar surface area (TPSA) is 66.4 Å². The molecule has 4 heteroatoms. The molecule has 4 nitrogen and oxygen atoms in total. The van der Waals surface area contributed by atoms with Crippen molar-refractivity contribution < 1.29 is 19.4 Å². The maximum absolute atomic E-state index is 11.7. The fraction of sp³-hybridized carbons (Fsp3) is 0.231. The van der Waals surface area contributed by atoms with Gasteiger partial charge in [-0.15, -0.1) is 0 Å². The van der Waals surface area contributed by atoms with Gasteiger partial charge in [0.25, 0.3) is 5.78 Å². The highest BCUT2D eigenvalue weighted by atomic mass is 16.5. The van der Waals surface area contributed by atoms with E-state index in [1.807, 2.05) is 0 Å². The van der Waals surface area contributed by atoms with E-state index < -0.39 is 17.5 Å². The molecule has 0 saturated carbocycles. The van der Waals surface area contributed by atoms with Gasteiger partial charge in [0.2, 0.25) is 0 Å². The fourth-order valence-corrected chi connectivity index (χ4v) is 1.31. The number of hydrogen-bond donors (Lipinski definition) is 0. The molecule has 0 spiro atoms. The van der Waals surface area contributed by atoms with Crippen LogP contribution in [0.2, 0.25) is 0 Å². The van der Waals surface area contributed by atoms with E-state index >= 15 is 0 Å². The van der Waals surface area contributed by atoms with E-state index in [-0.39, 0.29) is 6.61 Å². The van der Waals surface area contributed by atoms with Crippen LogP contribution in [0.4, 0.5) is 0 Å². The third-order valence-corrected chi connectivity index (χ3v) is 2.15. The van der Waals surface area contributed by atoms with Crippen LogP contribution in [-0.2, 0) is 14.3 Å². The molecule has 0 fully saturated rings. The number of carbonyl (C=O) groups excluding carboxylic acids is 2. The summed E-state index contributed by atoms with van der Waals surface area (Å²) < 4.78 is 4.50. The zero-order valence-corrected chi connectivity index (χ0v) is 9.73. The molecule has 0 aliphatic heterocycles. The third kappa shape index (κ3) is 3.45. The van der Waals surface area contributed by atoms with Crippen LogP contribution in [0.1, 0.15) is 18.1 Å². The van der Waals surface area contributed by atoms with Gasteiger partial charge in [0.1, 0.15) is 0 Å². The highest BCUT2D eigenvalue weighted by molar-refractivity contribution is 6.39. The second-order valence-corrected chi connectivity index (χ2v) is 3.41. The smallest absolute Gasteiger partial charge is 0.378 e. The zero-order valence-electron chi connectivity index (χ0n) is 9.73. The van der Waals surface area contributed by atoms with Gasteiger partial charge in [0, 0.05) is 0 Å². The molecule has 0 aromatic heterocycles. The minimum atomic E-state index is -1.01.